The summed E-state index contributed by atoms with van der Waals surface area (Å²) in [4.78, 5) is 4.64. The van der Waals surface area contributed by atoms with Crippen LogP contribution in [-0.4, -0.2) is 72.0 Å². The number of benzene rings is 1. The molecule has 1 aromatic carbocycles. The summed E-state index contributed by atoms with van der Waals surface area (Å²) in [5.41, 5.74) is 2.16. The van der Waals surface area contributed by atoms with Gasteiger partial charge < -0.3 is 24.8 Å². The number of sulfone groups is 1. The normalized spacial score (nSPS) is 17.3. The van der Waals surface area contributed by atoms with E-state index in [1.165, 1.54) is 6.26 Å². The van der Waals surface area contributed by atoms with Gasteiger partial charge in [0.25, 0.3) is 0 Å². The Morgan fingerprint density at radius 3 is 2.83 bits per heavy atom. The zero-order valence-electron chi connectivity index (χ0n) is 17.6. The van der Waals surface area contributed by atoms with Crippen molar-refractivity contribution in [1.82, 2.24) is 10.6 Å². The molecular weight excluding hydrogens is 394 g/mol. The molecule has 2 N–H and O–H groups in total. The van der Waals surface area contributed by atoms with Crippen LogP contribution in [0, 0.1) is 6.92 Å². The van der Waals surface area contributed by atoms with E-state index in [4.69, 9.17) is 14.2 Å². The highest BCUT2D eigenvalue weighted by atomic mass is 32.2. The van der Waals surface area contributed by atoms with Gasteiger partial charge in [0, 0.05) is 31.3 Å². The second-order valence-corrected chi connectivity index (χ2v) is 9.34. The molecule has 0 spiro atoms. The lowest BCUT2D eigenvalue weighted by Crippen LogP contribution is -2.39. The summed E-state index contributed by atoms with van der Waals surface area (Å²) in [5, 5.41) is 6.39. The molecule has 0 amide bonds. The van der Waals surface area contributed by atoms with Gasteiger partial charge in [0.1, 0.15) is 21.7 Å². The molecule has 2 rings (SSSR count). The standard InChI is InChI=1S/C20H33N3O5S/c1-4-21-20(22-8-10-26-11-12-29(3,24)25)23-14-17-6-5-16(2)13-19(17)28-18-7-9-27-15-18/h5-6,13,18H,4,7-12,14-15H2,1-3H3,(H2,21,22,23). The van der Waals surface area contributed by atoms with Gasteiger partial charge in [0.15, 0.2) is 5.96 Å². The second kappa shape index (κ2) is 12.0. The van der Waals surface area contributed by atoms with E-state index in [0.29, 0.717) is 32.3 Å². The third kappa shape index (κ3) is 9.47. The quantitative estimate of drug-likeness (QED) is 0.312. The molecule has 1 aromatic rings. The highest BCUT2D eigenvalue weighted by Crippen LogP contribution is 2.24. The van der Waals surface area contributed by atoms with Crippen molar-refractivity contribution in [2.75, 3.05) is 51.5 Å². The van der Waals surface area contributed by atoms with Crippen LogP contribution in [0.15, 0.2) is 23.2 Å². The van der Waals surface area contributed by atoms with Gasteiger partial charge >= 0.3 is 0 Å². The molecule has 1 unspecified atom stereocenters. The molecule has 1 saturated heterocycles. The smallest absolute Gasteiger partial charge is 0.191 e. The number of nitrogens with zero attached hydrogens (tertiary/aromatic N) is 1. The zero-order chi connectivity index (χ0) is 21.1. The predicted octanol–water partition coefficient (Wildman–Crippen LogP) is 1.28. The van der Waals surface area contributed by atoms with Crippen LogP contribution in [-0.2, 0) is 25.9 Å². The molecule has 1 heterocycles. The lowest BCUT2D eigenvalue weighted by molar-refractivity contribution is 0.140. The van der Waals surface area contributed by atoms with Crippen LogP contribution < -0.4 is 15.4 Å². The van der Waals surface area contributed by atoms with Gasteiger partial charge in [-0.3, -0.25) is 0 Å². The van der Waals surface area contributed by atoms with Crippen molar-refractivity contribution in [3.05, 3.63) is 29.3 Å². The summed E-state index contributed by atoms with van der Waals surface area (Å²) in [6.45, 7) is 7.76. The van der Waals surface area contributed by atoms with Gasteiger partial charge in [-0.25, -0.2) is 13.4 Å². The van der Waals surface area contributed by atoms with Crippen molar-refractivity contribution in [1.29, 1.82) is 0 Å². The highest BCUT2D eigenvalue weighted by molar-refractivity contribution is 7.90. The molecule has 0 aliphatic carbocycles. The predicted molar refractivity (Wildman–Crippen MR) is 114 cm³/mol. The monoisotopic (exact) mass is 427 g/mol. The Labute approximate surface area is 173 Å². The van der Waals surface area contributed by atoms with Crippen LogP contribution in [0.5, 0.6) is 5.75 Å². The number of hydrogen-bond acceptors (Lipinski definition) is 6. The SMILES string of the molecule is CCNC(=NCc1ccc(C)cc1OC1CCOC1)NCCOCCS(C)(=O)=O. The molecule has 0 bridgehead atoms. The minimum atomic E-state index is -2.99. The number of hydrogen-bond donors (Lipinski definition) is 2. The summed E-state index contributed by atoms with van der Waals surface area (Å²) in [6.07, 6.45) is 2.20. The van der Waals surface area contributed by atoms with Gasteiger partial charge in [-0.1, -0.05) is 12.1 Å². The Bertz CT molecular complexity index is 761. The molecule has 164 valence electrons. The van der Waals surface area contributed by atoms with Gasteiger partial charge in [-0.2, -0.15) is 0 Å². The van der Waals surface area contributed by atoms with E-state index < -0.39 is 9.84 Å². The lowest BCUT2D eigenvalue weighted by atomic mass is 10.1. The number of ether oxygens (including phenoxy) is 3. The second-order valence-electron chi connectivity index (χ2n) is 7.08. The average Bonchev–Trinajstić information content (AvgIpc) is 3.16. The van der Waals surface area contributed by atoms with Crippen molar-refractivity contribution in [2.24, 2.45) is 4.99 Å². The zero-order valence-corrected chi connectivity index (χ0v) is 18.4. The largest absolute Gasteiger partial charge is 0.488 e. The average molecular weight is 428 g/mol. The van der Waals surface area contributed by atoms with E-state index in [0.717, 1.165) is 36.4 Å². The third-order valence-corrected chi connectivity index (χ3v) is 5.20. The minimum Gasteiger partial charge on any atom is -0.488 e. The maximum Gasteiger partial charge on any atom is 0.191 e. The van der Waals surface area contributed by atoms with Gasteiger partial charge in [-0.15, -0.1) is 0 Å². The summed E-state index contributed by atoms with van der Waals surface area (Å²) >= 11 is 0. The first kappa shape index (κ1) is 23.4. The molecule has 9 heteroatoms. The number of aliphatic imine (C=N–C) groups is 1. The summed E-state index contributed by atoms with van der Waals surface area (Å²) in [6, 6.07) is 6.14. The fourth-order valence-electron chi connectivity index (χ4n) is 2.75. The summed E-state index contributed by atoms with van der Waals surface area (Å²) in [7, 11) is -2.99. The Morgan fingerprint density at radius 2 is 2.14 bits per heavy atom. The third-order valence-electron chi connectivity index (χ3n) is 4.29. The molecule has 1 aliphatic heterocycles. The van der Waals surface area contributed by atoms with Crippen molar-refractivity contribution in [3.8, 4) is 5.75 Å². The first-order valence-corrected chi connectivity index (χ1v) is 12.0. The molecule has 1 aliphatic rings. The van der Waals surface area contributed by atoms with E-state index in [1.807, 2.05) is 26.0 Å². The van der Waals surface area contributed by atoms with E-state index in [2.05, 4.69) is 21.7 Å². The van der Waals surface area contributed by atoms with Crippen LogP contribution in [0.4, 0.5) is 0 Å². The molecular formula is C20H33N3O5S. The molecule has 1 atom stereocenters. The van der Waals surface area contributed by atoms with E-state index >= 15 is 0 Å². The van der Waals surface area contributed by atoms with Gasteiger partial charge in [0.05, 0.1) is 38.7 Å². The van der Waals surface area contributed by atoms with Crippen LogP contribution >= 0.6 is 0 Å². The Hall–Kier alpha value is -1.84. The highest BCUT2D eigenvalue weighted by Gasteiger charge is 2.18. The van der Waals surface area contributed by atoms with Crippen molar-refractivity contribution in [3.63, 3.8) is 0 Å². The van der Waals surface area contributed by atoms with Crippen molar-refractivity contribution < 1.29 is 22.6 Å². The number of aryl methyl sites for hydroxylation is 1. The minimum absolute atomic E-state index is 0.0311. The fraction of sp³-hybridized carbons (Fsp3) is 0.650. The maximum atomic E-state index is 11.1. The molecule has 29 heavy (non-hydrogen) atoms. The molecule has 0 saturated carbocycles. The van der Waals surface area contributed by atoms with E-state index in [9.17, 15) is 8.42 Å². The van der Waals surface area contributed by atoms with Crippen LogP contribution in [0.25, 0.3) is 0 Å². The first-order valence-electron chi connectivity index (χ1n) is 9.99. The van der Waals surface area contributed by atoms with Crippen LogP contribution in [0.2, 0.25) is 0 Å². The number of guanidine groups is 1. The van der Waals surface area contributed by atoms with Gasteiger partial charge in [0.2, 0.25) is 0 Å². The van der Waals surface area contributed by atoms with Crippen molar-refractivity contribution >= 4 is 15.8 Å². The van der Waals surface area contributed by atoms with Crippen molar-refractivity contribution in [2.45, 2.75) is 32.9 Å². The van der Waals surface area contributed by atoms with E-state index in [1.54, 1.807) is 0 Å². The summed E-state index contributed by atoms with van der Waals surface area (Å²) in [5.74, 6) is 1.56. The number of nitrogens with one attached hydrogen (secondary N) is 2. The van der Waals surface area contributed by atoms with E-state index in [-0.39, 0.29) is 18.5 Å². The Morgan fingerprint density at radius 1 is 1.31 bits per heavy atom. The first-order chi connectivity index (χ1) is 13.9. The number of rotatable bonds is 11. The Balaban J connectivity index is 1.88. The molecule has 1 fully saturated rings. The molecule has 8 nitrogen and oxygen atoms in total. The van der Waals surface area contributed by atoms with Crippen LogP contribution in [0.3, 0.4) is 0 Å². The molecule has 0 radical (unpaired) electrons. The van der Waals surface area contributed by atoms with Gasteiger partial charge in [-0.05, 0) is 25.5 Å². The van der Waals surface area contributed by atoms with Crippen LogP contribution in [0.1, 0.15) is 24.5 Å². The fourth-order valence-corrected chi connectivity index (χ4v) is 3.17. The maximum absolute atomic E-state index is 11.1. The Kier molecular flexibility index (Phi) is 9.69. The topological polar surface area (TPSA) is 98.2 Å². The lowest BCUT2D eigenvalue weighted by Gasteiger charge is -2.16. The summed E-state index contributed by atoms with van der Waals surface area (Å²) < 4.78 is 39.1. The molecule has 0 aromatic heterocycles.